The first-order chi connectivity index (χ1) is 15.0. The molecule has 3 heterocycles. The van der Waals surface area contributed by atoms with Crippen LogP contribution in [0.15, 0.2) is 24.3 Å². The molecule has 0 bridgehead atoms. The standard InChI is InChI=1S/C23H25F3N4O/c24-15-5-18(22(26)19(25)6-15)20-1-2-21(29-28-20)27-16-3-13-9-30(10-14(13)4-16)17-7-23(8-17)11-31-12-23/h1-2,5-6,13-14,16-17H,3-4,7-12H2,(H,27,29)/t13-,14+,16-. The first-order valence-corrected chi connectivity index (χ1v) is 11.0. The van der Waals surface area contributed by atoms with Gasteiger partial charge < -0.3 is 10.1 Å². The van der Waals surface area contributed by atoms with E-state index in [0.29, 0.717) is 35.2 Å². The topological polar surface area (TPSA) is 50.3 Å². The highest BCUT2D eigenvalue weighted by Gasteiger charge is 2.53. The fourth-order valence-electron chi connectivity index (χ4n) is 6.08. The molecule has 0 unspecified atom stereocenters. The number of nitrogens with zero attached hydrogens (tertiary/aromatic N) is 3. The number of benzene rings is 1. The largest absolute Gasteiger partial charge is 0.380 e. The maximum absolute atomic E-state index is 14.0. The van der Waals surface area contributed by atoms with Crippen LogP contribution in [0.4, 0.5) is 19.0 Å². The zero-order valence-electron chi connectivity index (χ0n) is 17.2. The number of nitrogens with one attached hydrogen (secondary N) is 1. The van der Waals surface area contributed by atoms with Gasteiger partial charge in [0.25, 0.3) is 0 Å². The third-order valence-corrected chi connectivity index (χ3v) is 7.73. The van der Waals surface area contributed by atoms with Crippen molar-refractivity contribution in [3.8, 4) is 11.3 Å². The lowest BCUT2D eigenvalue weighted by Crippen LogP contribution is -2.59. The van der Waals surface area contributed by atoms with Crippen LogP contribution in [0.25, 0.3) is 11.3 Å². The van der Waals surface area contributed by atoms with Crippen molar-refractivity contribution in [1.82, 2.24) is 15.1 Å². The van der Waals surface area contributed by atoms with Gasteiger partial charge in [0, 0.05) is 42.2 Å². The molecule has 1 spiro atoms. The maximum atomic E-state index is 14.0. The second-order valence-electron chi connectivity index (χ2n) is 9.89. The van der Waals surface area contributed by atoms with Crippen LogP contribution in [0.3, 0.4) is 0 Å². The molecule has 6 rings (SSSR count). The number of likely N-dealkylation sites (tertiary alicyclic amines) is 1. The predicted octanol–water partition coefficient (Wildman–Crippen LogP) is 3.86. The summed E-state index contributed by atoms with van der Waals surface area (Å²) in [5.41, 5.74) is 0.395. The Morgan fingerprint density at radius 3 is 2.35 bits per heavy atom. The van der Waals surface area contributed by atoms with E-state index in [1.807, 2.05) is 0 Å². The molecule has 8 heteroatoms. The Kier molecular flexibility index (Phi) is 4.51. The lowest BCUT2D eigenvalue weighted by Gasteiger charge is -2.55. The van der Waals surface area contributed by atoms with E-state index in [0.717, 1.165) is 38.2 Å². The van der Waals surface area contributed by atoms with Crippen LogP contribution >= 0.6 is 0 Å². The maximum Gasteiger partial charge on any atom is 0.168 e. The molecule has 31 heavy (non-hydrogen) atoms. The quantitative estimate of drug-likeness (QED) is 0.747. The van der Waals surface area contributed by atoms with E-state index in [1.54, 1.807) is 12.1 Å². The minimum atomic E-state index is -1.23. The molecule has 2 aliphatic heterocycles. The molecular formula is C23H25F3N4O. The summed E-state index contributed by atoms with van der Waals surface area (Å²) in [6.45, 7) is 4.27. The van der Waals surface area contributed by atoms with Crippen LogP contribution in [0.1, 0.15) is 25.7 Å². The van der Waals surface area contributed by atoms with Gasteiger partial charge in [-0.25, -0.2) is 13.2 Å². The average Bonchev–Trinajstić information content (AvgIpc) is 3.21. The van der Waals surface area contributed by atoms with Crippen molar-refractivity contribution in [1.29, 1.82) is 0 Å². The van der Waals surface area contributed by atoms with Crippen LogP contribution < -0.4 is 5.32 Å². The third-order valence-electron chi connectivity index (χ3n) is 7.73. The van der Waals surface area contributed by atoms with Gasteiger partial charge in [0.2, 0.25) is 0 Å². The number of halogens is 3. The molecule has 2 saturated carbocycles. The number of rotatable bonds is 4. The molecule has 3 atom stereocenters. The Hall–Kier alpha value is -2.19. The Labute approximate surface area is 179 Å². The number of fused-ring (bicyclic) bond motifs is 1. The Morgan fingerprint density at radius 2 is 1.74 bits per heavy atom. The van der Waals surface area contributed by atoms with Gasteiger partial charge in [0.05, 0.1) is 18.9 Å². The van der Waals surface area contributed by atoms with Gasteiger partial charge in [-0.3, -0.25) is 4.90 Å². The SMILES string of the molecule is Fc1cc(F)c(F)c(-c2ccc(N[C@@H]3C[C@@H]4CN(C5CC6(COC6)C5)C[C@@H]4C3)nn2)c1. The second-order valence-corrected chi connectivity index (χ2v) is 9.89. The Bertz CT molecular complexity index is 975. The highest BCUT2D eigenvalue weighted by atomic mass is 19.2. The van der Waals surface area contributed by atoms with E-state index in [1.165, 1.54) is 25.9 Å². The second kappa shape index (κ2) is 7.17. The molecule has 2 aliphatic carbocycles. The van der Waals surface area contributed by atoms with Crippen molar-refractivity contribution in [2.75, 3.05) is 31.6 Å². The molecule has 1 N–H and O–H groups in total. The van der Waals surface area contributed by atoms with Gasteiger partial charge in [0.1, 0.15) is 11.6 Å². The molecule has 2 saturated heterocycles. The van der Waals surface area contributed by atoms with E-state index >= 15 is 0 Å². The van der Waals surface area contributed by atoms with E-state index in [9.17, 15) is 13.2 Å². The molecule has 2 aromatic rings. The molecular weight excluding hydrogens is 405 g/mol. The van der Waals surface area contributed by atoms with Crippen molar-refractivity contribution in [2.45, 2.75) is 37.8 Å². The zero-order chi connectivity index (χ0) is 21.2. The summed E-state index contributed by atoms with van der Waals surface area (Å²) in [4.78, 5) is 2.69. The van der Waals surface area contributed by atoms with Crippen LogP contribution in [0.5, 0.6) is 0 Å². The third kappa shape index (κ3) is 3.40. The first kappa shape index (κ1) is 19.5. The normalized spacial score (nSPS) is 29.6. The van der Waals surface area contributed by atoms with E-state index in [4.69, 9.17) is 4.74 Å². The molecule has 5 nitrogen and oxygen atoms in total. The van der Waals surface area contributed by atoms with Gasteiger partial charge in [-0.1, -0.05) is 0 Å². The monoisotopic (exact) mass is 430 g/mol. The highest BCUT2D eigenvalue weighted by Crippen LogP contribution is 2.51. The summed E-state index contributed by atoms with van der Waals surface area (Å²) < 4.78 is 46.3. The van der Waals surface area contributed by atoms with Crippen LogP contribution in [-0.4, -0.2) is 53.5 Å². The van der Waals surface area contributed by atoms with E-state index in [-0.39, 0.29) is 11.3 Å². The molecule has 4 fully saturated rings. The fourth-order valence-corrected chi connectivity index (χ4v) is 6.08. The van der Waals surface area contributed by atoms with E-state index < -0.39 is 17.5 Å². The summed E-state index contributed by atoms with van der Waals surface area (Å²) in [6.07, 6.45) is 4.81. The molecule has 164 valence electrons. The number of aromatic nitrogens is 2. The van der Waals surface area contributed by atoms with Crippen molar-refractivity contribution in [3.63, 3.8) is 0 Å². The first-order valence-electron chi connectivity index (χ1n) is 11.0. The number of anilines is 1. The molecule has 0 amide bonds. The van der Waals surface area contributed by atoms with Gasteiger partial charge in [-0.2, -0.15) is 0 Å². The van der Waals surface area contributed by atoms with Crippen molar-refractivity contribution < 1.29 is 17.9 Å². The Balaban J connectivity index is 1.05. The molecule has 1 aromatic heterocycles. The number of ether oxygens (including phenoxy) is 1. The smallest absolute Gasteiger partial charge is 0.168 e. The lowest BCUT2D eigenvalue weighted by molar-refractivity contribution is -0.183. The highest BCUT2D eigenvalue weighted by molar-refractivity contribution is 5.60. The van der Waals surface area contributed by atoms with Crippen molar-refractivity contribution in [2.24, 2.45) is 17.3 Å². The molecule has 1 aromatic carbocycles. The number of hydrogen-bond acceptors (Lipinski definition) is 5. The Morgan fingerprint density at radius 1 is 1.00 bits per heavy atom. The summed E-state index contributed by atoms with van der Waals surface area (Å²) in [6, 6.07) is 5.77. The van der Waals surface area contributed by atoms with Crippen molar-refractivity contribution >= 4 is 5.82 Å². The summed E-state index contributed by atoms with van der Waals surface area (Å²) in [5, 5.41) is 11.5. The van der Waals surface area contributed by atoms with Gasteiger partial charge in [-0.15, -0.1) is 10.2 Å². The zero-order valence-corrected chi connectivity index (χ0v) is 17.2. The van der Waals surface area contributed by atoms with Crippen LogP contribution in [0.2, 0.25) is 0 Å². The van der Waals surface area contributed by atoms with Crippen LogP contribution in [-0.2, 0) is 4.74 Å². The van der Waals surface area contributed by atoms with E-state index in [2.05, 4.69) is 20.4 Å². The average molecular weight is 430 g/mol. The molecule has 4 aliphatic rings. The van der Waals surface area contributed by atoms with Gasteiger partial charge in [0.15, 0.2) is 11.6 Å². The fraction of sp³-hybridized carbons (Fsp3) is 0.565. The minimum Gasteiger partial charge on any atom is -0.380 e. The summed E-state index contributed by atoms with van der Waals surface area (Å²) in [7, 11) is 0. The minimum absolute atomic E-state index is 0.107. The summed E-state index contributed by atoms with van der Waals surface area (Å²) >= 11 is 0. The number of hydrogen-bond donors (Lipinski definition) is 1. The van der Waals surface area contributed by atoms with Crippen LogP contribution in [0, 0.1) is 34.7 Å². The molecule has 0 radical (unpaired) electrons. The predicted molar refractivity (Wildman–Crippen MR) is 109 cm³/mol. The van der Waals surface area contributed by atoms with Gasteiger partial charge in [-0.05, 0) is 55.7 Å². The van der Waals surface area contributed by atoms with Crippen molar-refractivity contribution in [3.05, 3.63) is 41.7 Å². The van der Waals surface area contributed by atoms with Gasteiger partial charge >= 0.3 is 0 Å². The lowest BCUT2D eigenvalue weighted by atomic mass is 9.63. The summed E-state index contributed by atoms with van der Waals surface area (Å²) in [5.74, 6) is -1.17.